The zero-order valence-electron chi connectivity index (χ0n) is 10.9. The van der Waals surface area contributed by atoms with Crippen LogP contribution in [0.1, 0.15) is 31.2 Å². The van der Waals surface area contributed by atoms with Gasteiger partial charge in [-0.3, -0.25) is 4.79 Å². The second-order valence-electron chi connectivity index (χ2n) is 5.39. The maximum absolute atomic E-state index is 12.4. The number of benzene rings is 1. The first kappa shape index (κ1) is 12.7. The van der Waals surface area contributed by atoms with Crippen LogP contribution >= 0.6 is 11.6 Å². The van der Waals surface area contributed by atoms with Gasteiger partial charge >= 0.3 is 0 Å². The van der Waals surface area contributed by atoms with Crippen LogP contribution in [0.4, 0.5) is 0 Å². The highest BCUT2D eigenvalue weighted by Crippen LogP contribution is 2.32. The molecule has 3 heteroatoms. The lowest BCUT2D eigenvalue weighted by Crippen LogP contribution is -2.42. The van der Waals surface area contributed by atoms with E-state index in [0.717, 1.165) is 36.3 Å². The Kier molecular flexibility index (Phi) is 3.61. The van der Waals surface area contributed by atoms with Gasteiger partial charge in [0, 0.05) is 17.5 Å². The number of rotatable bonds is 3. The molecule has 0 aromatic heterocycles. The topological polar surface area (TPSA) is 20.3 Å². The third kappa shape index (κ3) is 2.69. The molecule has 0 N–H and O–H groups in total. The Labute approximate surface area is 119 Å². The standard InChI is InChI=1S/C16H18ClNO/c17-13-4-1-3-12(11-13)7-10-16(19)18-14-5-2-6-15(18)9-8-14/h1-5,11,14-15H,6-10H2. The van der Waals surface area contributed by atoms with Gasteiger partial charge in [0.1, 0.15) is 0 Å². The van der Waals surface area contributed by atoms with Crippen molar-refractivity contribution in [1.82, 2.24) is 4.90 Å². The minimum absolute atomic E-state index is 0.289. The van der Waals surface area contributed by atoms with Gasteiger partial charge in [-0.1, -0.05) is 35.9 Å². The molecule has 0 saturated carbocycles. The molecule has 2 aliphatic rings. The van der Waals surface area contributed by atoms with E-state index >= 15 is 0 Å². The van der Waals surface area contributed by atoms with Crippen molar-refractivity contribution in [1.29, 1.82) is 0 Å². The van der Waals surface area contributed by atoms with Gasteiger partial charge in [-0.2, -0.15) is 0 Å². The van der Waals surface area contributed by atoms with E-state index in [1.54, 1.807) is 0 Å². The molecule has 2 bridgehead atoms. The maximum Gasteiger partial charge on any atom is 0.223 e. The lowest BCUT2D eigenvalue weighted by atomic mass is 10.1. The molecule has 19 heavy (non-hydrogen) atoms. The summed E-state index contributed by atoms with van der Waals surface area (Å²) in [4.78, 5) is 14.5. The van der Waals surface area contributed by atoms with Crippen LogP contribution in [0.5, 0.6) is 0 Å². The smallest absolute Gasteiger partial charge is 0.223 e. The predicted molar refractivity (Wildman–Crippen MR) is 77.2 cm³/mol. The Bertz CT molecular complexity index is 511. The van der Waals surface area contributed by atoms with Gasteiger partial charge in [0.25, 0.3) is 0 Å². The van der Waals surface area contributed by atoms with Crippen LogP contribution < -0.4 is 0 Å². The molecule has 100 valence electrons. The van der Waals surface area contributed by atoms with E-state index in [9.17, 15) is 4.79 Å². The number of amides is 1. The van der Waals surface area contributed by atoms with Crippen LogP contribution in [0.2, 0.25) is 5.02 Å². The number of fused-ring (bicyclic) bond motifs is 2. The molecular formula is C16H18ClNO. The van der Waals surface area contributed by atoms with Gasteiger partial charge in [-0.05, 0) is 43.4 Å². The van der Waals surface area contributed by atoms with Gasteiger partial charge in [-0.25, -0.2) is 0 Å². The molecule has 1 aromatic carbocycles. The van der Waals surface area contributed by atoms with Gasteiger partial charge in [-0.15, -0.1) is 0 Å². The molecule has 3 rings (SSSR count). The fraction of sp³-hybridized carbons (Fsp3) is 0.438. The monoisotopic (exact) mass is 275 g/mol. The number of hydrogen-bond donors (Lipinski definition) is 0. The van der Waals surface area contributed by atoms with Crippen LogP contribution in [0.15, 0.2) is 36.4 Å². The summed E-state index contributed by atoms with van der Waals surface area (Å²) in [5.41, 5.74) is 1.14. The fourth-order valence-corrected chi connectivity index (χ4v) is 3.40. The summed E-state index contributed by atoms with van der Waals surface area (Å²) in [7, 11) is 0. The summed E-state index contributed by atoms with van der Waals surface area (Å²) in [6.45, 7) is 0. The van der Waals surface area contributed by atoms with Crippen molar-refractivity contribution in [2.45, 2.75) is 44.2 Å². The van der Waals surface area contributed by atoms with Crippen LogP contribution in [0.3, 0.4) is 0 Å². The number of halogens is 1. The molecule has 2 unspecified atom stereocenters. The van der Waals surface area contributed by atoms with Crippen molar-refractivity contribution in [3.8, 4) is 0 Å². The third-order valence-corrected chi connectivity index (χ3v) is 4.35. The molecule has 0 aliphatic carbocycles. The average molecular weight is 276 g/mol. The molecule has 1 saturated heterocycles. The van der Waals surface area contributed by atoms with E-state index in [1.165, 1.54) is 0 Å². The molecule has 2 nitrogen and oxygen atoms in total. The van der Waals surface area contributed by atoms with Crippen LogP contribution in [0.25, 0.3) is 0 Å². The zero-order valence-corrected chi connectivity index (χ0v) is 11.6. The van der Waals surface area contributed by atoms with Crippen LogP contribution in [0, 0.1) is 0 Å². The fourth-order valence-electron chi connectivity index (χ4n) is 3.19. The van der Waals surface area contributed by atoms with E-state index < -0.39 is 0 Å². The second-order valence-corrected chi connectivity index (χ2v) is 5.83. The van der Waals surface area contributed by atoms with Crippen molar-refractivity contribution in [2.24, 2.45) is 0 Å². The first-order valence-electron chi connectivity index (χ1n) is 6.96. The van der Waals surface area contributed by atoms with Gasteiger partial charge in [0.15, 0.2) is 0 Å². The Morgan fingerprint density at radius 1 is 1.37 bits per heavy atom. The summed E-state index contributed by atoms with van der Waals surface area (Å²) >= 11 is 5.96. The largest absolute Gasteiger partial charge is 0.333 e. The summed E-state index contributed by atoms with van der Waals surface area (Å²) in [6, 6.07) is 8.58. The molecule has 2 heterocycles. The first-order valence-corrected chi connectivity index (χ1v) is 7.34. The van der Waals surface area contributed by atoms with Crippen LogP contribution in [-0.2, 0) is 11.2 Å². The number of nitrogens with zero attached hydrogens (tertiary/aromatic N) is 1. The van der Waals surface area contributed by atoms with E-state index in [-0.39, 0.29) is 5.91 Å². The summed E-state index contributed by atoms with van der Waals surface area (Å²) < 4.78 is 0. The van der Waals surface area contributed by atoms with E-state index in [2.05, 4.69) is 17.1 Å². The van der Waals surface area contributed by atoms with Crippen molar-refractivity contribution < 1.29 is 4.79 Å². The highest BCUT2D eigenvalue weighted by Gasteiger charge is 2.36. The average Bonchev–Trinajstić information content (AvgIpc) is 2.66. The number of aryl methyl sites for hydroxylation is 1. The number of carbonyl (C=O) groups excluding carboxylic acids is 1. The Morgan fingerprint density at radius 3 is 3.05 bits per heavy atom. The lowest BCUT2D eigenvalue weighted by molar-refractivity contribution is -0.133. The summed E-state index contributed by atoms with van der Waals surface area (Å²) in [6.07, 6.45) is 9.09. The molecule has 2 atom stereocenters. The van der Waals surface area contributed by atoms with E-state index in [0.29, 0.717) is 18.5 Å². The highest BCUT2D eigenvalue weighted by atomic mass is 35.5. The second kappa shape index (κ2) is 5.38. The highest BCUT2D eigenvalue weighted by molar-refractivity contribution is 6.30. The first-order chi connectivity index (χ1) is 9.24. The molecule has 0 spiro atoms. The summed E-state index contributed by atoms with van der Waals surface area (Å²) in [5, 5.41) is 0.742. The Balaban J connectivity index is 1.62. The quantitative estimate of drug-likeness (QED) is 0.772. The van der Waals surface area contributed by atoms with Crippen molar-refractivity contribution in [3.63, 3.8) is 0 Å². The van der Waals surface area contributed by atoms with Crippen LogP contribution in [-0.4, -0.2) is 22.9 Å². The SMILES string of the molecule is O=C(CCc1cccc(Cl)c1)N1C2C=CCC1CC2. The van der Waals surface area contributed by atoms with Crippen molar-refractivity contribution in [2.75, 3.05) is 0 Å². The Hall–Kier alpha value is -1.28. The minimum atomic E-state index is 0.289. The molecular weight excluding hydrogens is 258 g/mol. The normalized spacial score (nSPS) is 24.8. The lowest BCUT2D eigenvalue weighted by Gasteiger charge is -2.31. The number of hydrogen-bond acceptors (Lipinski definition) is 1. The molecule has 1 aromatic rings. The summed E-state index contributed by atoms with van der Waals surface area (Å²) in [5.74, 6) is 0.289. The van der Waals surface area contributed by atoms with Gasteiger partial charge in [0.05, 0.1) is 6.04 Å². The minimum Gasteiger partial charge on any atom is -0.333 e. The van der Waals surface area contributed by atoms with Gasteiger partial charge < -0.3 is 4.90 Å². The van der Waals surface area contributed by atoms with E-state index in [4.69, 9.17) is 11.6 Å². The van der Waals surface area contributed by atoms with Crippen molar-refractivity contribution in [3.05, 3.63) is 47.0 Å². The van der Waals surface area contributed by atoms with Crippen molar-refractivity contribution >= 4 is 17.5 Å². The predicted octanol–water partition coefficient (Wildman–Crippen LogP) is 3.59. The zero-order chi connectivity index (χ0) is 13.2. The third-order valence-electron chi connectivity index (χ3n) is 4.12. The molecule has 2 aliphatic heterocycles. The molecule has 1 amide bonds. The van der Waals surface area contributed by atoms with Gasteiger partial charge in [0.2, 0.25) is 5.91 Å². The maximum atomic E-state index is 12.4. The number of carbonyl (C=O) groups is 1. The van der Waals surface area contributed by atoms with E-state index in [1.807, 2.05) is 24.3 Å². The molecule has 1 fully saturated rings. The molecule has 0 radical (unpaired) electrons. The Morgan fingerprint density at radius 2 is 2.26 bits per heavy atom.